The van der Waals surface area contributed by atoms with Crippen LogP contribution in [0.3, 0.4) is 0 Å². The normalized spacial score (nSPS) is 12.3. The molecule has 0 aromatic heterocycles. The second kappa shape index (κ2) is 15.9. The molecular weight excluding hydrogens is 267 g/mol. The van der Waals surface area contributed by atoms with Crippen molar-refractivity contribution in [3.63, 3.8) is 0 Å². The van der Waals surface area contributed by atoms with Gasteiger partial charge in [-0.1, -0.05) is 29.8 Å². The Labute approximate surface area is 103 Å². The average molecular weight is 278 g/mol. The molecule has 0 radical (unpaired) electrons. The van der Waals surface area contributed by atoms with Crippen LogP contribution in [0.4, 0.5) is 0 Å². The van der Waals surface area contributed by atoms with E-state index in [4.69, 9.17) is 30.6 Å². The maximum atomic E-state index is 8.25. The van der Waals surface area contributed by atoms with Gasteiger partial charge in [0.15, 0.2) is 0 Å². The van der Waals surface area contributed by atoms with Crippen molar-refractivity contribution in [1.82, 2.24) is 0 Å². The molecule has 15 heavy (non-hydrogen) atoms. The molecule has 1 heterocycles. The number of hydrogen-bond donors (Lipinski definition) is 0. The largest absolute Gasteiger partial charge is 2.00 e. The Balaban J connectivity index is -0.000000145. The Morgan fingerprint density at radius 3 is 1.13 bits per heavy atom. The number of nitrogens with zero attached hydrogens (tertiary/aromatic N) is 2. The van der Waals surface area contributed by atoms with Crippen LogP contribution in [0.1, 0.15) is 19.3 Å². The van der Waals surface area contributed by atoms with E-state index in [1.165, 1.54) is 6.42 Å². The minimum Gasteiger partial charge on any atom is -0.356 e. The third kappa shape index (κ3) is 59.4. The van der Waals surface area contributed by atoms with E-state index in [2.05, 4.69) is 0 Å². The molecular formula is C5H11AlFeN2O6. The van der Waals surface area contributed by atoms with Crippen LogP contribution in [0.15, 0.2) is 0 Å². The second-order valence-electron chi connectivity index (χ2n) is 2.57. The fourth-order valence-electron chi connectivity index (χ4n) is 1.06. The van der Waals surface area contributed by atoms with E-state index < -0.39 is 10.2 Å². The predicted molar refractivity (Wildman–Crippen MR) is 51.3 cm³/mol. The maximum absolute atomic E-state index is 8.25. The van der Waals surface area contributed by atoms with Gasteiger partial charge in [0.1, 0.15) is 0 Å². The van der Waals surface area contributed by atoms with Gasteiger partial charge in [-0.25, -0.2) is 0 Å². The van der Waals surface area contributed by atoms with Crippen molar-refractivity contribution in [2.75, 3.05) is 0 Å². The molecule has 10 heteroatoms. The summed E-state index contributed by atoms with van der Waals surface area (Å²) in [6.07, 6.45) is 4.66. The van der Waals surface area contributed by atoms with Crippen LogP contribution < -0.4 is 0 Å². The van der Waals surface area contributed by atoms with E-state index in [0.29, 0.717) is 15.2 Å². The van der Waals surface area contributed by atoms with Gasteiger partial charge in [0.2, 0.25) is 15.2 Å². The summed E-state index contributed by atoms with van der Waals surface area (Å²) in [5.74, 6) is 0. The van der Waals surface area contributed by atoms with Gasteiger partial charge >= 0.3 is 17.1 Å². The molecule has 0 atom stereocenters. The summed E-state index contributed by atoms with van der Waals surface area (Å²) >= 11 is 0.508. The molecule has 0 aromatic rings. The van der Waals surface area contributed by atoms with Gasteiger partial charge in [0, 0.05) is 0 Å². The summed E-state index contributed by atoms with van der Waals surface area (Å²) in [6, 6.07) is 0. The molecule has 1 aliphatic rings. The summed E-state index contributed by atoms with van der Waals surface area (Å²) in [5, 5.41) is 32.8. The standard InChI is InChI=1S/C5H10.Al.Fe.2NO3.H/c1-3-5-4-2;;;2*2-1(3)4;/h1-5H2;;;;;/q;;+2;2*-1;. The van der Waals surface area contributed by atoms with Crippen LogP contribution in [-0.4, -0.2) is 25.4 Å². The molecule has 1 aliphatic heterocycles. The number of rotatable bonds is 0. The molecule has 0 unspecified atom stereocenters. The van der Waals surface area contributed by atoms with Crippen molar-refractivity contribution in [3.05, 3.63) is 30.6 Å². The van der Waals surface area contributed by atoms with Gasteiger partial charge in [-0.15, -0.1) is 0 Å². The maximum Gasteiger partial charge on any atom is 2.00 e. The Morgan fingerprint density at radius 2 is 1.07 bits per heavy atom. The Morgan fingerprint density at radius 1 is 0.800 bits per heavy atom. The zero-order valence-electron chi connectivity index (χ0n) is 7.94. The summed E-state index contributed by atoms with van der Waals surface area (Å²) in [4.78, 5) is 16.5. The zero-order chi connectivity index (χ0) is 11.4. The van der Waals surface area contributed by atoms with Crippen molar-refractivity contribution in [1.29, 1.82) is 0 Å². The molecule has 88 valence electrons. The summed E-state index contributed by atoms with van der Waals surface area (Å²) in [7, 11) is 0. The predicted octanol–water partition coefficient (Wildman–Crippen LogP) is 0.963. The topological polar surface area (TPSA) is 132 Å². The Kier molecular flexibility index (Phi) is 21.1. The first-order valence-electron chi connectivity index (χ1n) is 4.10. The molecule has 0 aliphatic carbocycles. The molecule has 1 fully saturated rings. The smallest absolute Gasteiger partial charge is 0.356 e. The first kappa shape index (κ1) is 19.9. The minimum atomic E-state index is -1.75. The van der Waals surface area contributed by atoms with Crippen LogP contribution >= 0.6 is 0 Å². The van der Waals surface area contributed by atoms with Gasteiger partial charge in [0.05, 0.1) is 10.2 Å². The van der Waals surface area contributed by atoms with Gasteiger partial charge < -0.3 is 30.6 Å². The average Bonchev–Trinajstić information content (AvgIpc) is 2.05. The Hall–Kier alpha value is -0.548. The monoisotopic (exact) mass is 278 g/mol. The molecule has 1 rings (SSSR count). The number of hydrogen-bond acceptors (Lipinski definition) is 6. The third-order valence-electron chi connectivity index (χ3n) is 1.50. The van der Waals surface area contributed by atoms with Gasteiger partial charge in [0.25, 0.3) is 0 Å². The van der Waals surface area contributed by atoms with Crippen molar-refractivity contribution in [3.8, 4) is 0 Å². The van der Waals surface area contributed by atoms with E-state index >= 15 is 0 Å². The van der Waals surface area contributed by atoms with Crippen molar-refractivity contribution >= 4 is 15.2 Å². The molecule has 0 aromatic carbocycles. The van der Waals surface area contributed by atoms with E-state index in [9.17, 15) is 0 Å². The molecule has 0 N–H and O–H groups in total. The first-order valence-corrected chi connectivity index (χ1v) is 6.10. The zero-order valence-corrected chi connectivity index (χ0v) is 10.5. The fraction of sp³-hybridized carbons (Fsp3) is 1.00. The van der Waals surface area contributed by atoms with Crippen LogP contribution in [-0.2, 0) is 17.1 Å². The van der Waals surface area contributed by atoms with E-state index in [1.807, 2.05) is 0 Å². The van der Waals surface area contributed by atoms with Crippen LogP contribution in [0.5, 0.6) is 0 Å². The van der Waals surface area contributed by atoms with Crippen LogP contribution in [0, 0.1) is 30.6 Å². The quantitative estimate of drug-likeness (QED) is 0.368. The summed E-state index contributed by atoms with van der Waals surface area (Å²) < 4.78 is 0. The fourth-order valence-corrected chi connectivity index (χ4v) is 2.83. The molecule has 1 saturated heterocycles. The van der Waals surface area contributed by atoms with E-state index in [-0.39, 0.29) is 17.1 Å². The Bertz CT molecular complexity index is 136. The van der Waals surface area contributed by atoms with Crippen LogP contribution in [0.2, 0.25) is 10.6 Å². The van der Waals surface area contributed by atoms with Gasteiger partial charge in [-0.2, -0.15) is 0 Å². The third-order valence-corrected chi connectivity index (χ3v) is 3.50. The molecule has 0 amide bonds. The van der Waals surface area contributed by atoms with Crippen LogP contribution in [0.25, 0.3) is 0 Å². The van der Waals surface area contributed by atoms with Crippen molar-refractivity contribution in [2.45, 2.75) is 29.8 Å². The summed E-state index contributed by atoms with van der Waals surface area (Å²) in [6.45, 7) is 0. The minimum absolute atomic E-state index is 0. The first-order chi connectivity index (χ1) is 6.46. The van der Waals surface area contributed by atoms with Gasteiger partial charge in [-0.05, 0) is 0 Å². The second-order valence-corrected chi connectivity index (χ2v) is 4.69. The summed E-state index contributed by atoms with van der Waals surface area (Å²) in [5.41, 5.74) is 0. The van der Waals surface area contributed by atoms with E-state index in [1.54, 1.807) is 23.4 Å². The molecule has 0 saturated carbocycles. The SMILES string of the molecule is C1C[CH2][AlH][CH2]C1.O=[N+]([O-])[O-].O=[N+]([O-])[O-].[Fe+2]. The molecule has 0 spiro atoms. The van der Waals surface area contributed by atoms with Crippen molar-refractivity contribution < 1.29 is 27.2 Å². The van der Waals surface area contributed by atoms with Gasteiger partial charge in [-0.3, -0.25) is 0 Å². The molecule has 0 bridgehead atoms. The van der Waals surface area contributed by atoms with Crippen molar-refractivity contribution in [2.24, 2.45) is 0 Å². The molecule has 8 nitrogen and oxygen atoms in total. The van der Waals surface area contributed by atoms with E-state index in [0.717, 1.165) is 0 Å².